The first-order valence-corrected chi connectivity index (χ1v) is 9.03. The lowest BCUT2D eigenvalue weighted by atomic mass is 10.1. The summed E-state index contributed by atoms with van der Waals surface area (Å²) in [4.78, 5) is 11.2. The molecule has 2 N–H and O–H groups in total. The number of aromatic carboxylic acids is 1. The zero-order valence-corrected chi connectivity index (χ0v) is 14.2. The van der Waals surface area contributed by atoms with Gasteiger partial charge in [-0.3, -0.25) is 0 Å². The molecular weight excluding hydrogens is 332 g/mol. The fourth-order valence-electron chi connectivity index (χ4n) is 2.81. The molecule has 3 rings (SSSR count). The van der Waals surface area contributed by atoms with Crippen molar-refractivity contribution in [3.05, 3.63) is 40.5 Å². The number of carbonyl (C=O) groups is 1. The Morgan fingerprint density at radius 2 is 2.08 bits per heavy atom. The van der Waals surface area contributed by atoms with Crippen LogP contribution in [0.3, 0.4) is 0 Å². The lowest BCUT2D eigenvalue weighted by molar-refractivity contribution is 0.0696. The zero-order valence-electron chi connectivity index (χ0n) is 13.4. The topological polar surface area (TPSA) is 114 Å². The Hall–Kier alpha value is -2.26. The second-order valence-electron chi connectivity index (χ2n) is 5.83. The lowest BCUT2D eigenvalue weighted by Crippen LogP contribution is -2.26. The fourth-order valence-corrected chi connectivity index (χ4v) is 4.13. The predicted octanol–water partition coefficient (Wildman–Crippen LogP) is 1.02. The Morgan fingerprint density at radius 1 is 1.33 bits per heavy atom. The Balaban J connectivity index is 1.89. The maximum Gasteiger partial charge on any atom is 0.335 e. The van der Waals surface area contributed by atoms with Crippen LogP contribution in [0.1, 0.15) is 39.6 Å². The minimum Gasteiger partial charge on any atom is -0.478 e. The van der Waals surface area contributed by atoms with Crippen LogP contribution >= 0.6 is 0 Å². The summed E-state index contributed by atoms with van der Waals surface area (Å²) in [6.45, 7) is 4.15. The number of nitrogens with zero attached hydrogens (tertiary/aromatic N) is 3. The van der Waals surface area contributed by atoms with Gasteiger partial charge in [0.05, 0.1) is 17.0 Å². The summed E-state index contributed by atoms with van der Waals surface area (Å²) in [6.07, 6.45) is 1.82. The number of hydrogen-bond donors (Lipinski definition) is 2. The Kier molecular flexibility index (Phi) is 4.14. The minimum absolute atomic E-state index is 0.0190. The van der Waals surface area contributed by atoms with Crippen molar-refractivity contribution in [1.82, 2.24) is 19.5 Å². The molecule has 0 spiro atoms. The van der Waals surface area contributed by atoms with Gasteiger partial charge in [0.1, 0.15) is 11.6 Å². The van der Waals surface area contributed by atoms with E-state index in [1.54, 1.807) is 13.8 Å². The molecule has 128 valence electrons. The molecule has 24 heavy (non-hydrogen) atoms. The molecular formula is C15H18N4O4S. The van der Waals surface area contributed by atoms with Gasteiger partial charge in [0.15, 0.2) is 0 Å². The average molecular weight is 350 g/mol. The van der Waals surface area contributed by atoms with Crippen molar-refractivity contribution in [3.63, 3.8) is 0 Å². The van der Waals surface area contributed by atoms with Crippen LogP contribution in [-0.4, -0.2) is 34.3 Å². The van der Waals surface area contributed by atoms with Crippen LogP contribution in [0.2, 0.25) is 0 Å². The highest BCUT2D eigenvalue weighted by Gasteiger charge is 2.23. The van der Waals surface area contributed by atoms with E-state index >= 15 is 0 Å². The van der Waals surface area contributed by atoms with Crippen LogP contribution in [0.4, 0.5) is 0 Å². The Labute approximate surface area is 139 Å². The number of aryl methyl sites for hydroxylation is 2. The van der Waals surface area contributed by atoms with E-state index in [2.05, 4.69) is 14.9 Å². The van der Waals surface area contributed by atoms with Gasteiger partial charge in [-0.25, -0.2) is 17.9 Å². The van der Waals surface area contributed by atoms with E-state index in [0.717, 1.165) is 25.2 Å². The number of aromatic nitrogens is 3. The van der Waals surface area contributed by atoms with E-state index < -0.39 is 16.0 Å². The molecule has 0 aliphatic carbocycles. The third kappa shape index (κ3) is 2.92. The van der Waals surface area contributed by atoms with Crippen LogP contribution in [0.25, 0.3) is 0 Å². The summed E-state index contributed by atoms with van der Waals surface area (Å²) in [5.74, 6) is 0.267. The summed E-state index contributed by atoms with van der Waals surface area (Å²) in [5.41, 5.74) is 1.08. The highest BCUT2D eigenvalue weighted by molar-refractivity contribution is 7.89. The van der Waals surface area contributed by atoms with Gasteiger partial charge in [-0.2, -0.15) is 0 Å². The molecule has 0 saturated carbocycles. The van der Waals surface area contributed by atoms with Crippen LogP contribution < -0.4 is 4.72 Å². The molecule has 0 amide bonds. The molecule has 1 aliphatic heterocycles. The molecule has 0 radical (unpaired) electrons. The molecule has 0 unspecified atom stereocenters. The molecule has 9 heteroatoms. The van der Waals surface area contributed by atoms with E-state index in [9.17, 15) is 13.2 Å². The second-order valence-corrected chi connectivity index (χ2v) is 7.57. The van der Waals surface area contributed by atoms with Crippen LogP contribution in [0.15, 0.2) is 17.0 Å². The van der Waals surface area contributed by atoms with Crippen molar-refractivity contribution in [3.8, 4) is 0 Å². The van der Waals surface area contributed by atoms with Gasteiger partial charge in [-0.05, 0) is 43.5 Å². The number of carboxylic acids is 1. The van der Waals surface area contributed by atoms with Crippen LogP contribution in [-0.2, 0) is 29.5 Å². The predicted molar refractivity (Wildman–Crippen MR) is 85.2 cm³/mol. The van der Waals surface area contributed by atoms with Gasteiger partial charge >= 0.3 is 5.97 Å². The van der Waals surface area contributed by atoms with Gasteiger partial charge in [-0.15, -0.1) is 10.2 Å². The molecule has 8 nitrogen and oxygen atoms in total. The van der Waals surface area contributed by atoms with Gasteiger partial charge in [0, 0.05) is 13.0 Å². The number of benzene rings is 1. The summed E-state index contributed by atoms with van der Waals surface area (Å²) in [7, 11) is -3.86. The van der Waals surface area contributed by atoms with Crippen molar-refractivity contribution >= 4 is 16.0 Å². The second kappa shape index (κ2) is 5.99. The molecule has 0 atom stereocenters. The van der Waals surface area contributed by atoms with Crippen molar-refractivity contribution in [1.29, 1.82) is 0 Å². The smallest absolute Gasteiger partial charge is 0.335 e. The summed E-state index contributed by atoms with van der Waals surface area (Å²) in [5, 5.41) is 17.2. The molecule has 1 aromatic carbocycles. The standard InChI is InChI=1S/C15H18N4O4S/c1-9-6-11(15(20)21)7-12(10(9)2)24(22,23)16-8-14-18-17-13-4-3-5-19(13)14/h6-7,16H,3-5,8H2,1-2H3,(H,20,21). The van der Waals surface area contributed by atoms with Gasteiger partial charge in [0.25, 0.3) is 0 Å². The maximum atomic E-state index is 12.6. The van der Waals surface area contributed by atoms with Crippen LogP contribution in [0, 0.1) is 13.8 Å². The van der Waals surface area contributed by atoms with Crippen molar-refractivity contribution < 1.29 is 18.3 Å². The summed E-state index contributed by atoms with van der Waals surface area (Å²) >= 11 is 0. The fraction of sp³-hybridized carbons (Fsp3) is 0.400. The molecule has 1 aromatic heterocycles. The van der Waals surface area contributed by atoms with Gasteiger partial charge in [0.2, 0.25) is 10.0 Å². The Bertz CT molecular complexity index is 918. The summed E-state index contributed by atoms with van der Waals surface area (Å²) < 4.78 is 29.6. The van der Waals surface area contributed by atoms with Gasteiger partial charge < -0.3 is 9.67 Å². The number of fused-ring (bicyclic) bond motifs is 1. The lowest BCUT2D eigenvalue weighted by Gasteiger charge is -2.12. The number of carboxylic acid groups (broad SMARTS) is 1. The first kappa shape index (κ1) is 16.6. The molecule has 1 aliphatic rings. The minimum atomic E-state index is -3.86. The third-order valence-corrected chi connectivity index (χ3v) is 5.79. The van der Waals surface area contributed by atoms with Crippen LogP contribution in [0.5, 0.6) is 0 Å². The normalized spacial score (nSPS) is 13.9. The summed E-state index contributed by atoms with van der Waals surface area (Å²) in [6, 6.07) is 2.64. The number of nitrogens with one attached hydrogen (secondary N) is 1. The zero-order chi connectivity index (χ0) is 17.5. The van der Waals surface area contributed by atoms with Crippen molar-refractivity contribution in [2.75, 3.05) is 0 Å². The number of rotatable bonds is 5. The monoisotopic (exact) mass is 350 g/mol. The van der Waals surface area contributed by atoms with Gasteiger partial charge in [-0.1, -0.05) is 0 Å². The number of hydrogen-bond acceptors (Lipinski definition) is 5. The molecule has 0 bridgehead atoms. The first-order valence-electron chi connectivity index (χ1n) is 7.55. The third-order valence-electron chi connectivity index (χ3n) is 4.26. The van der Waals surface area contributed by atoms with E-state index in [4.69, 9.17) is 5.11 Å². The molecule has 2 heterocycles. The van der Waals surface area contributed by atoms with E-state index in [1.165, 1.54) is 12.1 Å². The quantitative estimate of drug-likeness (QED) is 0.832. The highest BCUT2D eigenvalue weighted by Crippen LogP contribution is 2.22. The van der Waals surface area contributed by atoms with E-state index in [0.29, 0.717) is 17.0 Å². The molecule has 2 aromatic rings. The number of sulfonamides is 1. The maximum absolute atomic E-state index is 12.6. The van der Waals surface area contributed by atoms with E-state index in [1.807, 2.05) is 4.57 Å². The first-order chi connectivity index (χ1) is 11.3. The van der Waals surface area contributed by atoms with Crippen molar-refractivity contribution in [2.24, 2.45) is 0 Å². The molecule has 0 fully saturated rings. The van der Waals surface area contributed by atoms with E-state index in [-0.39, 0.29) is 17.0 Å². The Morgan fingerprint density at radius 3 is 2.79 bits per heavy atom. The highest BCUT2D eigenvalue weighted by atomic mass is 32.2. The van der Waals surface area contributed by atoms with Crippen molar-refractivity contribution in [2.45, 2.75) is 44.7 Å². The largest absolute Gasteiger partial charge is 0.478 e. The SMILES string of the molecule is Cc1cc(C(=O)O)cc(S(=O)(=O)NCc2nnc3n2CCC3)c1C. The average Bonchev–Trinajstić information content (AvgIpc) is 3.11. The molecule has 0 saturated heterocycles.